The van der Waals surface area contributed by atoms with Gasteiger partial charge < -0.3 is 14.3 Å². The zero-order valence-corrected chi connectivity index (χ0v) is 11.8. The number of ketones is 1. The van der Waals surface area contributed by atoms with Gasteiger partial charge in [0.2, 0.25) is 0 Å². The molecule has 1 saturated carbocycles. The molecule has 1 atom stereocenters. The summed E-state index contributed by atoms with van der Waals surface area (Å²) >= 11 is 0. The molecular formula is C14H20O5. The molecule has 0 heterocycles. The van der Waals surface area contributed by atoms with E-state index in [0.717, 1.165) is 5.57 Å². The first kappa shape index (κ1) is 15.4. The molecular weight excluding hydrogens is 248 g/mol. The van der Waals surface area contributed by atoms with E-state index in [1.54, 1.807) is 0 Å². The minimum atomic E-state index is -1.30. The molecule has 0 N–H and O–H groups in total. The summed E-state index contributed by atoms with van der Waals surface area (Å²) in [7, 11) is 2.50. The van der Waals surface area contributed by atoms with Gasteiger partial charge in [-0.25, -0.2) is 0 Å². The number of rotatable bonds is 4. The molecule has 1 aliphatic carbocycles. The third-order valence-electron chi connectivity index (χ3n) is 3.68. The largest absolute Gasteiger partial charge is 0.468 e. The molecule has 0 aromatic carbocycles. The lowest BCUT2D eigenvalue weighted by atomic mass is 9.84. The predicted octanol–water partition coefficient (Wildman–Crippen LogP) is 1.65. The van der Waals surface area contributed by atoms with Crippen molar-refractivity contribution >= 4 is 17.7 Å². The number of hydrogen-bond donors (Lipinski definition) is 0. The van der Waals surface area contributed by atoms with Crippen LogP contribution < -0.4 is 0 Å². The third kappa shape index (κ3) is 2.85. The van der Waals surface area contributed by atoms with Crippen molar-refractivity contribution in [1.82, 2.24) is 0 Å². The van der Waals surface area contributed by atoms with Crippen LogP contribution in [0.5, 0.6) is 0 Å². The Bertz CT molecular complexity index is 406. The minimum absolute atomic E-state index is 0.0369. The lowest BCUT2D eigenvalue weighted by Gasteiger charge is -2.22. The first-order valence-corrected chi connectivity index (χ1v) is 6.22. The van der Waals surface area contributed by atoms with E-state index in [1.807, 2.05) is 13.0 Å². The van der Waals surface area contributed by atoms with E-state index in [0.29, 0.717) is 6.42 Å². The van der Waals surface area contributed by atoms with E-state index < -0.39 is 17.4 Å². The van der Waals surface area contributed by atoms with Crippen molar-refractivity contribution in [2.75, 3.05) is 14.2 Å². The van der Waals surface area contributed by atoms with Crippen LogP contribution in [0.25, 0.3) is 0 Å². The molecule has 5 heteroatoms. The van der Waals surface area contributed by atoms with Gasteiger partial charge in [0.1, 0.15) is 5.78 Å². The summed E-state index contributed by atoms with van der Waals surface area (Å²) in [5, 5.41) is 0. The van der Waals surface area contributed by atoms with E-state index in [9.17, 15) is 14.4 Å². The Kier molecular flexibility index (Phi) is 4.86. The van der Waals surface area contributed by atoms with E-state index in [1.165, 1.54) is 21.1 Å². The van der Waals surface area contributed by atoms with E-state index in [4.69, 9.17) is 9.47 Å². The molecule has 1 fully saturated rings. The molecule has 1 aliphatic rings. The highest BCUT2D eigenvalue weighted by atomic mass is 16.5. The fourth-order valence-electron chi connectivity index (χ4n) is 2.79. The Morgan fingerprint density at radius 1 is 1.26 bits per heavy atom. The normalized spacial score (nSPS) is 23.2. The van der Waals surface area contributed by atoms with Gasteiger partial charge in [0.25, 0.3) is 0 Å². The highest BCUT2D eigenvalue weighted by molar-refractivity contribution is 6.01. The summed E-state index contributed by atoms with van der Waals surface area (Å²) < 4.78 is 9.51. The summed E-state index contributed by atoms with van der Waals surface area (Å²) in [5.74, 6) is -1.25. The van der Waals surface area contributed by atoms with Crippen LogP contribution in [0.1, 0.15) is 33.1 Å². The second kappa shape index (κ2) is 5.99. The second-order valence-corrected chi connectivity index (χ2v) is 4.91. The van der Waals surface area contributed by atoms with Crippen molar-refractivity contribution in [3.05, 3.63) is 11.6 Å². The zero-order valence-electron chi connectivity index (χ0n) is 11.8. The minimum Gasteiger partial charge on any atom is -0.468 e. The van der Waals surface area contributed by atoms with E-state index >= 15 is 0 Å². The van der Waals surface area contributed by atoms with Crippen LogP contribution in [0.3, 0.4) is 0 Å². The lowest BCUT2D eigenvalue weighted by Crippen LogP contribution is -2.39. The number of hydrogen-bond acceptors (Lipinski definition) is 5. The number of allylic oxidation sites excluding steroid dienone is 2. The first-order valence-electron chi connectivity index (χ1n) is 6.22. The SMILES string of the molecule is C/C=C1\CC(C(=O)OC)(C(=O)OC)CC1CC(C)=O. The second-order valence-electron chi connectivity index (χ2n) is 4.91. The van der Waals surface area contributed by atoms with Crippen molar-refractivity contribution in [2.24, 2.45) is 11.3 Å². The molecule has 0 amide bonds. The molecule has 0 aromatic heterocycles. The molecule has 106 valence electrons. The van der Waals surface area contributed by atoms with Gasteiger partial charge in [-0.15, -0.1) is 0 Å². The molecule has 0 bridgehead atoms. The maximum Gasteiger partial charge on any atom is 0.323 e. The summed E-state index contributed by atoms with van der Waals surface area (Å²) in [5.41, 5.74) is -0.364. The van der Waals surface area contributed by atoms with Crippen LogP contribution in [-0.4, -0.2) is 31.9 Å². The number of methoxy groups -OCH3 is 2. The van der Waals surface area contributed by atoms with Crippen molar-refractivity contribution in [2.45, 2.75) is 33.1 Å². The number of carbonyl (C=O) groups is 3. The highest BCUT2D eigenvalue weighted by Crippen LogP contribution is 2.48. The average molecular weight is 268 g/mol. The van der Waals surface area contributed by atoms with Crippen LogP contribution in [-0.2, 0) is 23.9 Å². The van der Waals surface area contributed by atoms with Gasteiger partial charge in [0, 0.05) is 6.42 Å². The Morgan fingerprint density at radius 3 is 2.16 bits per heavy atom. The van der Waals surface area contributed by atoms with Gasteiger partial charge in [-0.1, -0.05) is 11.6 Å². The molecule has 5 nitrogen and oxygen atoms in total. The van der Waals surface area contributed by atoms with Crippen molar-refractivity contribution in [3.63, 3.8) is 0 Å². The van der Waals surface area contributed by atoms with Crippen LogP contribution in [0.2, 0.25) is 0 Å². The van der Waals surface area contributed by atoms with Gasteiger partial charge in [-0.3, -0.25) is 9.59 Å². The Morgan fingerprint density at radius 2 is 1.79 bits per heavy atom. The van der Waals surface area contributed by atoms with E-state index in [2.05, 4.69) is 0 Å². The van der Waals surface area contributed by atoms with Gasteiger partial charge >= 0.3 is 11.9 Å². The maximum absolute atomic E-state index is 12.0. The van der Waals surface area contributed by atoms with Crippen LogP contribution >= 0.6 is 0 Å². The standard InChI is InChI=1S/C14H20O5/c1-5-10-7-14(12(16)18-3,13(17)19-4)8-11(10)6-9(2)15/h5,11H,6-8H2,1-4H3/b10-5+. The van der Waals surface area contributed by atoms with Gasteiger partial charge in [-0.2, -0.15) is 0 Å². The summed E-state index contributed by atoms with van der Waals surface area (Å²) in [4.78, 5) is 35.3. The molecule has 0 aromatic rings. The van der Waals surface area contributed by atoms with Gasteiger partial charge in [0.15, 0.2) is 5.41 Å². The molecule has 0 aliphatic heterocycles. The molecule has 0 saturated heterocycles. The smallest absolute Gasteiger partial charge is 0.323 e. The maximum atomic E-state index is 12.0. The molecule has 0 spiro atoms. The Labute approximate surface area is 112 Å². The van der Waals surface area contributed by atoms with Crippen LogP contribution in [0.15, 0.2) is 11.6 Å². The number of carbonyl (C=O) groups excluding carboxylic acids is 3. The fraction of sp³-hybridized carbons (Fsp3) is 0.643. The molecule has 1 unspecified atom stereocenters. The zero-order chi connectivity index (χ0) is 14.6. The molecule has 0 radical (unpaired) electrons. The summed E-state index contributed by atoms with van der Waals surface area (Å²) in [6.45, 7) is 3.34. The van der Waals surface area contributed by atoms with Crippen molar-refractivity contribution in [3.8, 4) is 0 Å². The number of esters is 2. The van der Waals surface area contributed by atoms with Crippen LogP contribution in [0, 0.1) is 11.3 Å². The number of ether oxygens (including phenoxy) is 2. The summed E-state index contributed by atoms with van der Waals surface area (Å²) in [6, 6.07) is 0. The first-order chi connectivity index (χ1) is 8.91. The van der Waals surface area contributed by atoms with Crippen molar-refractivity contribution in [1.29, 1.82) is 0 Å². The number of Topliss-reactive ketones (excluding diaryl/α,β-unsaturated/α-hetero) is 1. The fourth-order valence-corrected chi connectivity index (χ4v) is 2.79. The lowest BCUT2D eigenvalue weighted by molar-refractivity contribution is -0.168. The molecule has 1 rings (SSSR count). The predicted molar refractivity (Wildman–Crippen MR) is 68.2 cm³/mol. The van der Waals surface area contributed by atoms with Gasteiger partial charge in [0.05, 0.1) is 14.2 Å². The topological polar surface area (TPSA) is 69.7 Å². The van der Waals surface area contributed by atoms with Crippen molar-refractivity contribution < 1.29 is 23.9 Å². The monoisotopic (exact) mass is 268 g/mol. The van der Waals surface area contributed by atoms with Crippen LogP contribution in [0.4, 0.5) is 0 Å². The summed E-state index contributed by atoms with van der Waals surface area (Å²) in [6.07, 6.45) is 2.73. The quantitative estimate of drug-likeness (QED) is 0.440. The average Bonchev–Trinajstić information content (AvgIpc) is 2.75. The Hall–Kier alpha value is -1.65. The third-order valence-corrected chi connectivity index (χ3v) is 3.68. The Balaban J connectivity index is 3.12. The molecule has 19 heavy (non-hydrogen) atoms. The van der Waals surface area contributed by atoms with Gasteiger partial charge in [-0.05, 0) is 32.6 Å². The van der Waals surface area contributed by atoms with E-state index in [-0.39, 0.29) is 24.5 Å². The highest BCUT2D eigenvalue weighted by Gasteiger charge is 2.55.